The van der Waals surface area contributed by atoms with Crippen LogP contribution in [0.2, 0.25) is 0 Å². The monoisotopic (exact) mass is 374 g/mol. The lowest BCUT2D eigenvalue weighted by atomic mass is 9.43. The number of hydrogen-bond donors (Lipinski definition) is 2. The van der Waals surface area contributed by atoms with Gasteiger partial charge in [-0.1, -0.05) is 13.8 Å². The molecule has 1 aliphatic heterocycles. The van der Waals surface area contributed by atoms with Crippen LogP contribution in [-0.2, 0) is 9.53 Å². The maximum Gasteiger partial charge on any atom is 0.331 e. The fraction of sp³-hybridized carbons (Fsp3) is 0.870. The molecule has 5 aliphatic rings. The number of ether oxygens (including phenoxy) is 1. The van der Waals surface area contributed by atoms with Crippen LogP contribution in [0.4, 0.5) is 0 Å². The quantitative estimate of drug-likeness (QED) is 0.688. The maximum atomic E-state index is 12.1. The zero-order valence-electron chi connectivity index (χ0n) is 16.7. The number of carbonyl (C=O) groups excluding carboxylic acids is 1. The Balaban J connectivity index is 1.47. The zero-order chi connectivity index (χ0) is 19.0. The van der Waals surface area contributed by atoms with Crippen molar-refractivity contribution < 1.29 is 19.7 Å². The van der Waals surface area contributed by atoms with Gasteiger partial charge in [-0.05, 0) is 92.4 Å². The van der Waals surface area contributed by atoms with E-state index in [4.69, 9.17) is 4.74 Å². The minimum absolute atomic E-state index is 0.126. The summed E-state index contributed by atoms with van der Waals surface area (Å²) in [5.74, 6) is 1.59. The molecule has 0 radical (unpaired) electrons. The first-order valence-corrected chi connectivity index (χ1v) is 11.1. The number of fused-ring (bicyclic) bond motifs is 5. The Morgan fingerprint density at radius 1 is 1.04 bits per heavy atom. The molecule has 0 amide bonds. The summed E-state index contributed by atoms with van der Waals surface area (Å²) in [6, 6.07) is 0. The molecule has 8 atom stereocenters. The molecule has 4 saturated carbocycles. The third kappa shape index (κ3) is 2.32. The minimum atomic E-state index is -0.628. The number of esters is 1. The number of carbonyl (C=O) groups is 1. The number of aliphatic hydroxyl groups excluding tert-OH is 1. The van der Waals surface area contributed by atoms with E-state index in [1.54, 1.807) is 6.08 Å². The van der Waals surface area contributed by atoms with Gasteiger partial charge in [-0.25, -0.2) is 4.79 Å². The smallest absolute Gasteiger partial charge is 0.331 e. The predicted octanol–water partition coefficient (Wildman–Crippen LogP) is 3.60. The highest BCUT2D eigenvalue weighted by atomic mass is 16.5. The van der Waals surface area contributed by atoms with Crippen molar-refractivity contribution in [2.24, 2.45) is 34.5 Å². The van der Waals surface area contributed by atoms with Crippen molar-refractivity contribution in [1.29, 1.82) is 0 Å². The van der Waals surface area contributed by atoms with Crippen molar-refractivity contribution in [2.45, 2.75) is 83.3 Å². The average molecular weight is 375 g/mol. The van der Waals surface area contributed by atoms with E-state index in [0.717, 1.165) is 56.9 Å². The van der Waals surface area contributed by atoms with Gasteiger partial charge in [0.2, 0.25) is 0 Å². The molecule has 0 aromatic rings. The molecule has 4 nitrogen and oxygen atoms in total. The standard InChI is InChI=1S/C23H34O4/c1-21-8-5-16(24)12-15(21)3-4-19-18(21)6-9-22(2)17(7-10-23(19,22)26)14-11-20(25)27-13-14/h11,15-19,24,26H,3-10,12-13H2,1-2H3/t15-,16+,17-,18?,19?,21+,22-,23+/m1/s1. The predicted molar refractivity (Wildman–Crippen MR) is 102 cm³/mol. The Labute approximate surface area is 162 Å². The van der Waals surface area contributed by atoms with Gasteiger partial charge in [0, 0.05) is 11.5 Å². The molecule has 2 unspecified atom stereocenters. The molecule has 4 fully saturated rings. The Kier molecular flexibility index (Phi) is 3.92. The summed E-state index contributed by atoms with van der Waals surface area (Å²) in [4.78, 5) is 11.6. The summed E-state index contributed by atoms with van der Waals surface area (Å²) < 4.78 is 5.20. The summed E-state index contributed by atoms with van der Waals surface area (Å²) in [5, 5.41) is 22.3. The van der Waals surface area contributed by atoms with E-state index in [1.165, 1.54) is 6.42 Å². The van der Waals surface area contributed by atoms with Gasteiger partial charge in [-0.2, -0.15) is 0 Å². The largest absolute Gasteiger partial charge is 0.458 e. The van der Waals surface area contributed by atoms with Crippen molar-refractivity contribution in [1.82, 2.24) is 0 Å². The van der Waals surface area contributed by atoms with Crippen LogP contribution in [0.15, 0.2) is 11.6 Å². The molecule has 4 heteroatoms. The number of hydrogen-bond acceptors (Lipinski definition) is 4. The summed E-state index contributed by atoms with van der Waals surface area (Å²) in [6.45, 7) is 5.15. The van der Waals surface area contributed by atoms with Crippen molar-refractivity contribution >= 4 is 5.97 Å². The van der Waals surface area contributed by atoms with Gasteiger partial charge in [0.05, 0.1) is 11.7 Å². The van der Waals surface area contributed by atoms with Gasteiger partial charge in [0.1, 0.15) is 6.61 Å². The van der Waals surface area contributed by atoms with Crippen molar-refractivity contribution in [2.75, 3.05) is 6.61 Å². The lowest BCUT2D eigenvalue weighted by Gasteiger charge is -2.63. The zero-order valence-corrected chi connectivity index (χ0v) is 16.7. The summed E-state index contributed by atoms with van der Waals surface area (Å²) in [7, 11) is 0. The molecule has 0 aromatic carbocycles. The second-order valence-corrected chi connectivity index (χ2v) is 10.7. The molecule has 2 N–H and O–H groups in total. The SMILES string of the molecule is C[C@]12CC[C@H](O)C[C@H]1CCC1C2CC[C@]2(C)[C@@H](C3=CC(=O)OC3)CC[C@]12O. The Morgan fingerprint density at radius 3 is 2.59 bits per heavy atom. The molecule has 150 valence electrons. The van der Waals surface area contributed by atoms with Crippen LogP contribution in [0, 0.1) is 34.5 Å². The first-order chi connectivity index (χ1) is 12.8. The number of aliphatic hydroxyl groups is 2. The third-order valence-corrected chi connectivity index (χ3v) is 9.96. The van der Waals surface area contributed by atoms with E-state index in [-0.39, 0.29) is 28.8 Å². The maximum absolute atomic E-state index is 12.1. The van der Waals surface area contributed by atoms with Crippen molar-refractivity contribution in [3.63, 3.8) is 0 Å². The van der Waals surface area contributed by atoms with E-state index in [0.29, 0.717) is 24.4 Å². The van der Waals surface area contributed by atoms with E-state index in [9.17, 15) is 15.0 Å². The van der Waals surface area contributed by atoms with E-state index >= 15 is 0 Å². The van der Waals surface area contributed by atoms with Gasteiger partial charge >= 0.3 is 5.97 Å². The lowest BCUT2D eigenvalue weighted by Crippen LogP contribution is -2.62. The van der Waals surface area contributed by atoms with Crippen molar-refractivity contribution in [3.8, 4) is 0 Å². The fourth-order valence-corrected chi connectivity index (χ4v) is 8.39. The molecule has 1 heterocycles. The lowest BCUT2D eigenvalue weighted by molar-refractivity contribution is -0.208. The van der Waals surface area contributed by atoms with Crippen LogP contribution >= 0.6 is 0 Å². The molecule has 0 bridgehead atoms. The third-order valence-electron chi connectivity index (χ3n) is 9.96. The molecule has 0 spiro atoms. The summed E-state index contributed by atoms with van der Waals surface area (Å²) in [5.41, 5.74) is 0.600. The normalized spacial score (nSPS) is 54.6. The highest BCUT2D eigenvalue weighted by Gasteiger charge is 2.67. The second-order valence-electron chi connectivity index (χ2n) is 10.7. The highest BCUT2D eigenvalue weighted by Crippen LogP contribution is 2.69. The second kappa shape index (κ2) is 5.82. The van der Waals surface area contributed by atoms with Crippen LogP contribution in [0.3, 0.4) is 0 Å². The first-order valence-electron chi connectivity index (χ1n) is 11.1. The van der Waals surface area contributed by atoms with E-state index < -0.39 is 5.60 Å². The van der Waals surface area contributed by atoms with Crippen LogP contribution in [-0.4, -0.2) is 34.5 Å². The molecular weight excluding hydrogens is 340 g/mol. The van der Waals surface area contributed by atoms with Crippen LogP contribution in [0.5, 0.6) is 0 Å². The minimum Gasteiger partial charge on any atom is -0.458 e. The fourth-order valence-electron chi connectivity index (χ4n) is 8.39. The highest BCUT2D eigenvalue weighted by molar-refractivity contribution is 5.85. The average Bonchev–Trinajstić information content (AvgIpc) is 3.16. The van der Waals surface area contributed by atoms with Gasteiger partial charge in [0.25, 0.3) is 0 Å². The van der Waals surface area contributed by atoms with Crippen LogP contribution in [0.1, 0.15) is 71.6 Å². The van der Waals surface area contributed by atoms with Crippen LogP contribution < -0.4 is 0 Å². The van der Waals surface area contributed by atoms with Gasteiger partial charge in [-0.3, -0.25) is 0 Å². The van der Waals surface area contributed by atoms with Gasteiger partial charge in [-0.15, -0.1) is 0 Å². The Morgan fingerprint density at radius 2 is 1.85 bits per heavy atom. The Bertz CT molecular complexity index is 686. The first kappa shape index (κ1) is 18.2. The molecule has 0 aromatic heterocycles. The van der Waals surface area contributed by atoms with Crippen molar-refractivity contribution in [3.05, 3.63) is 11.6 Å². The van der Waals surface area contributed by atoms with Gasteiger partial charge in [0.15, 0.2) is 0 Å². The topological polar surface area (TPSA) is 66.8 Å². The van der Waals surface area contributed by atoms with Crippen LogP contribution in [0.25, 0.3) is 0 Å². The molecule has 4 aliphatic carbocycles. The summed E-state index contributed by atoms with van der Waals surface area (Å²) >= 11 is 0. The molecular formula is C23H34O4. The van der Waals surface area contributed by atoms with Gasteiger partial charge < -0.3 is 14.9 Å². The van der Waals surface area contributed by atoms with E-state index in [1.807, 2.05) is 0 Å². The number of cyclic esters (lactones) is 1. The Hall–Kier alpha value is -0.870. The molecule has 27 heavy (non-hydrogen) atoms. The molecule has 0 saturated heterocycles. The summed E-state index contributed by atoms with van der Waals surface area (Å²) in [6.07, 6.45) is 10.8. The molecule has 5 rings (SSSR count). The van der Waals surface area contributed by atoms with E-state index in [2.05, 4.69) is 13.8 Å². The number of rotatable bonds is 1.